The number of hydrogen-bond donors (Lipinski definition) is 1. The van der Waals surface area contributed by atoms with Gasteiger partial charge in [0.1, 0.15) is 11.9 Å². The molecule has 0 aliphatic carbocycles. The van der Waals surface area contributed by atoms with Gasteiger partial charge in [0.25, 0.3) is 5.91 Å². The quantitative estimate of drug-likeness (QED) is 0.481. The molecule has 1 unspecified atom stereocenters. The molecule has 4 aromatic rings. The van der Waals surface area contributed by atoms with E-state index in [1.54, 1.807) is 18.3 Å². The molecule has 1 fully saturated rings. The zero-order valence-electron chi connectivity index (χ0n) is 18.1. The van der Waals surface area contributed by atoms with Crippen molar-refractivity contribution in [3.8, 4) is 5.88 Å². The average molecular weight is 427 g/mol. The van der Waals surface area contributed by atoms with E-state index in [2.05, 4.69) is 9.97 Å². The molecule has 2 aromatic carbocycles. The van der Waals surface area contributed by atoms with Crippen LogP contribution in [0, 0.1) is 0 Å². The highest BCUT2D eigenvalue weighted by Gasteiger charge is 2.26. The Bertz CT molecular complexity index is 1160. The van der Waals surface area contributed by atoms with Crippen molar-refractivity contribution < 1.29 is 9.53 Å². The Balaban J connectivity index is 1.19. The summed E-state index contributed by atoms with van der Waals surface area (Å²) in [6, 6.07) is 21.7. The number of hydrogen-bond acceptors (Lipinski definition) is 4. The van der Waals surface area contributed by atoms with Crippen LogP contribution in [0.25, 0.3) is 11.0 Å². The number of aromatic nitrogens is 3. The molecule has 1 N–H and O–H groups in total. The first-order valence-electron chi connectivity index (χ1n) is 11.1. The maximum atomic E-state index is 13.0. The van der Waals surface area contributed by atoms with Gasteiger partial charge < -0.3 is 14.6 Å². The van der Waals surface area contributed by atoms with Gasteiger partial charge in [-0.05, 0) is 43.5 Å². The van der Waals surface area contributed by atoms with Gasteiger partial charge in [-0.1, -0.05) is 42.5 Å². The van der Waals surface area contributed by atoms with Gasteiger partial charge in [0, 0.05) is 31.3 Å². The van der Waals surface area contributed by atoms with E-state index in [0.29, 0.717) is 30.5 Å². The highest BCUT2D eigenvalue weighted by atomic mass is 16.5. The number of carbonyl (C=O) groups is 1. The molecule has 3 heterocycles. The lowest BCUT2D eigenvalue weighted by Crippen LogP contribution is -2.38. The van der Waals surface area contributed by atoms with Crippen molar-refractivity contribution in [2.45, 2.75) is 31.8 Å². The number of fused-ring (bicyclic) bond motifs is 1. The minimum absolute atomic E-state index is 0.0169. The lowest BCUT2D eigenvalue weighted by molar-refractivity contribution is 0.0710. The Morgan fingerprint density at radius 2 is 1.78 bits per heavy atom. The van der Waals surface area contributed by atoms with E-state index in [1.807, 2.05) is 66.4 Å². The molecule has 6 heteroatoms. The number of likely N-dealkylation sites (tertiary alicyclic amines) is 1. The first kappa shape index (κ1) is 20.2. The number of amides is 1. The summed E-state index contributed by atoms with van der Waals surface area (Å²) in [4.78, 5) is 27.4. The molecule has 0 saturated carbocycles. The zero-order valence-corrected chi connectivity index (χ0v) is 18.1. The number of piperidine rings is 1. The third-order valence-electron chi connectivity index (χ3n) is 6.13. The molecule has 1 atom stereocenters. The Labute approximate surface area is 187 Å². The minimum Gasteiger partial charge on any atom is -0.470 e. The molecule has 5 rings (SSSR count). The monoisotopic (exact) mass is 426 g/mol. The van der Waals surface area contributed by atoms with E-state index in [4.69, 9.17) is 9.72 Å². The van der Waals surface area contributed by atoms with Crippen molar-refractivity contribution in [2.75, 3.05) is 13.1 Å². The molecule has 1 aliphatic rings. The summed E-state index contributed by atoms with van der Waals surface area (Å²) in [7, 11) is 0. The first-order valence-corrected chi connectivity index (χ1v) is 11.1. The average Bonchev–Trinajstić information content (AvgIpc) is 3.29. The number of carbonyl (C=O) groups excluding carboxylic acids is 1. The number of aromatic amines is 1. The van der Waals surface area contributed by atoms with Crippen LogP contribution < -0.4 is 4.74 Å². The standard InChI is InChI=1S/C26H26N4O2/c1-18(19-7-3-2-4-8-19)32-24-12-11-21(17-27-24)26(31)30-15-13-20(14-16-30)25-28-22-9-5-6-10-23(22)29-25/h2-12,17-18,20H,13-16H2,1H3,(H,28,29). The summed E-state index contributed by atoms with van der Waals surface area (Å²) in [5, 5.41) is 0. The minimum atomic E-state index is -0.109. The lowest BCUT2D eigenvalue weighted by Gasteiger charge is -2.31. The lowest BCUT2D eigenvalue weighted by atomic mass is 9.96. The van der Waals surface area contributed by atoms with Crippen LogP contribution in [0.4, 0.5) is 0 Å². The number of nitrogens with zero attached hydrogens (tertiary/aromatic N) is 3. The number of para-hydroxylation sites is 2. The van der Waals surface area contributed by atoms with E-state index in [9.17, 15) is 4.79 Å². The van der Waals surface area contributed by atoms with Gasteiger partial charge in [-0.3, -0.25) is 4.79 Å². The van der Waals surface area contributed by atoms with Crippen LogP contribution in [0.1, 0.15) is 53.5 Å². The van der Waals surface area contributed by atoms with Crippen LogP contribution in [-0.4, -0.2) is 38.8 Å². The summed E-state index contributed by atoms with van der Waals surface area (Å²) in [6.07, 6.45) is 3.30. The predicted octanol–water partition coefficient (Wildman–Crippen LogP) is 5.12. The van der Waals surface area contributed by atoms with E-state index in [-0.39, 0.29) is 12.0 Å². The topological polar surface area (TPSA) is 71.1 Å². The molecule has 1 saturated heterocycles. The second-order valence-corrected chi connectivity index (χ2v) is 8.26. The molecule has 1 amide bonds. The van der Waals surface area contributed by atoms with Crippen molar-refractivity contribution in [2.24, 2.45) is 0 Å². The van der Waals surface area contributed by atoms with Crippen molar-refractivity contribution in [1.29, 1.82) is 0 Å². The molecule has 1 aliphatic heterocycles. The fraction of sp³-hybridized carbons (Fsp3) is 0.269. The van der Waals surface area contributed by atoms with E-state index in [0.717, 1.165) is 35.3 Å². The number of rotatable bonds is 5. The molecule has 162 valence electrons. The number of benzene rings is 2. The van der Waals surface area contributed by atoms with Crippen LogP contribution in [0.15, 0.2) is 72.9 Å². The van der Waals surface area contributed by atoms with Crippen molar-refractivity contribution in [1.82, 2.24) is 19.9 Å². The summed E-state index contributed by atoms with van der Waals surface area (Å²) in [6.45, 7) is 3.41. The molecule has 0 spiro atoms. The Morgan fingerprint density at radius 3 is 2.50 bits per heavy atom. The van der Waals surface area contributed by atoms with Crippen molar-refractivity contribution >= 4 is 16.9 Å². The first-order chi connectivity index (χ1) is 15.7. The number of imidazole rings is 1. The van der Waals surface area contributed by atoms with E-state index in [1.165, 1.54) is 0 Å². The van der Waals surface area contributed by atoms with Gasteiger partial charge in [-0.25, -0.2) is 9.97 Å². The number of pyridine rings is 1. The van der Waals surface area contributed by atoms with Crippen molar-refractivity contribution in [3.05, 3.63) is 89.9 Å². The van der Waals surface area contributed by atoms with Crippen LogP contribution in [0.5, 0.6) is 5.88 Å². The molecular weight excluding hydrogens is 400 g/mol. The molecule has 0 radical (unpaired) electrons. The Kier molecular flexibility index (Phi) is 5.58. The van der Waals surface area contributed by atoms with E-state index < -0.39 is 0 Å². The highest BCUT2D eigenvalue weighted by molar-refractivity contribution is 5.94. The summed E-state index contributed by atoms with van der Waals surface area (Å²) < 4.78 is 5.92. The molecule has 2 aromatic heterocycles. The van der Waals surface area contributed by atoms with Gasteiger partial charge in [-0.2, -0.15) is 0 Å². The van der Waals surface area contributed by atoms with Crippen LogP contribution >= 0.6 is 0 Å². The van der Waals surface area contributed by atoms with Gasteiger partial charge >= 0.3 is 0 Å². The smallest absolute Gasteiger partial charge is 0.255 e. The molecular formula is C26H26N4O2. The summed E-state index contributed by atoms with van der Waals surface area (Å²) in [5.74, 6) is 1.90. The SMILES string of the molecule is CC(Oc1ccc(C(=O)N2CCC(c3nc4ccccc4[nH]3)CC2)cn1)c1ccccc1. The maximum absolute atomic E-state index is 13.0. The zero-order chi connectivity index (χ0) is 21.9. The third kappa shape index (κ3) is 4.21. The summed E-state index contributed by atoms with van der Waals surface area (Å²) in [5.41, 5.74) is 3.74. The fourth-order valence-corrected chi connectivity index (χ4v) is 4.25. The van der Waals surface area contributed by atoms with Crippen molar-refractivity contribution in [3.63, 3.8) is 0 Å². The van der Waals surface area contributed by atoms with E-state index >= 15 is 0 Å². The highest BCUT2D eigenvalue weighted by Crippen LogP contribution is 2.28. The largest absolute Gasteiger partial charge is 0.470 e. The van der Waals surface area contributed by atoms with Crippen LogP contribution in [-0.2, 0) is 0 Å². The van der Waals surface area contributed by atoms with Gasteiger partial charge in [-0.15, -0.1) is 0 Å². The predicted molar refractivity (Wildman–Crippen MR) is 124 cm³/mol. The number of H-pyrrole nitrogens is 1. The van der Waals surface area contributed by atoms with Crippen LogP contribution in [0.2, 0.25) is 0 Å². The van der Waals surface area contributed by atoms with Gasteiger partial charge in [0.05, 0.1) is 16.6 Å². The molecule has 32 heavy (non-hydrogen) atoms. The second-order valence-electron chi connectivity index (χ2n) is 8.26. The van der Waals surface area contributed by atoms with Gasteiger partial charge in [0.15, 0.2) is 0 Å². The number of nitrogens with one attached hydrogen (secondary N) is 1. The third-order valence-corrected chi connectivity index (χ3v) is 6.13. The summed E-state index contributed by atoms with van der Waals surface area (Å²) >= 11 is 0. The van der Waals surface area contributed by atoms with Crippen LogP contribution in [0.3, 0.4) is 0 Å². The maximum Gasteiger partial charge on any atom is 0.255 e. The Hall–Kier alpha value is -3.67. The number of ether oxygens (including phenoxy) is 1. The fourth-order valence-electron chi connectivity index (χ4n) is 4.25. The molecule has 0 bridgehead atoms. The normalized spacial score (nSPS) is 15.6. The Morgan fingerprint density at radius 1 is 1.03 bits per heavy atom. The van der Waals surface area contributed by atoms with Gasteiger partial charge in [0.2, 0.25) is 5.88 Å². The molecule has 6 nitrogen and oxygen atoms in total. The second kappa shape index (κ2) is 8.83.